The van der Waals surface area contributed by atoms with Gasteiger partial charge in [0.15, 0.2) is 0 Å². The zero-order valence-electron chi connectivity index (χ0n) is 16.5. The van der Waals surface area contributed by atoms with Crippen molar-refractivity contribution in [2.45, 2.75) is 57.0 Å². The van der Waals surface area contributed by atoms with Gasteiger partial charge in [0.1, 0.15) is 5.75 Å². The number of hydrogen-bond acceptors (Lipinski definition) is 3. The number of halogens is 1. The molecule has 0 saturated heterocycles. The van der Waals surface area contributed by atoms with Gasteiger partial charge >= 0.3 is 0 Å². The summed E-state index contributed by atoms with van der Waals surface area (Å²) in [7, 11) is 0. The van der Waals surface area contributed by atoms with Crippen LogP contribution in [0.25, 0.3) is 0 Å². The Kier molecular flexibility index (Phi) is 4.89. The monoisotopic (exact) mass is 395 g/mol. The van der Waals surface area contributed by atoms with Crippen LogP contribution in [0.1, 0.15) is 55.4 Å². The van der Waals surface area contributed by atoms with Gasteiger partial charge in [-0.05, 0) is 53.9 Å². The largest absolute Gasteiger partial charge is 0.493 e. The molecule has 2 aliphatic rings. The smallest absolute Gasteiger partial charge is 0.126 e. The molecule has 2 aromatic carbocycles. The first-order valence-electron chi connectivity index (χ1n) is 9.98. The minimum atomic E-state index is -0.831. The maximum Gasteiger partial charge on any atom is 0.126 e. The molecule has 0 amide bonds. The number of nitriles is 1. The van der Waals surface area contributed by atoms with Gasteiger partial charge < -0.3 is 9.84 Å². The van der Waals surface area contributed by atoms with Crippen LogP contribution >= 0.6 is 11.6 Å². The molecule has 146 valence electrons. The Bertz CT molecular complexity index is 942. The Morgan fingerprint density at radius 2 is 2.04 bits per heavy atom. The molecule has 0 spiro atoms. The predicted molar refractivity (Wildman–Crippen MR) is 111 cm³/mol. The fourth-order valence-corrected chi connectivity index (χ4v) is 4.92. The number of hydrogen-bond donors (Lipinski definition) is 1. The summed E-state index contributed by atoms with van der Waals surface area (Å²) in [6.45, 7) is 5.12. The Morgan fingerprint density at radius 1 is 1.25 bits per heavy atom. The second kappa shape index (κ2) is 7.10. The zero-order valence-corrected chi connectivity index (χ0v) is 17.2. The molecule has 1 fully saturated rings. The SMILES string of the molecule is CC(C)(CC(O)(Cc1ccc(C#N)cc1Cl)C1CC1)c1cccc2c1OCC2. The van der Waals surface area contributed by atoms with E-state index in [1.54, 1.807) is 12.1 Å². The molecule has 2 aromatic rings. The van der Waals surface area contributed by atoms with E-state index in [2.05, 4.69) is 38.1 Å². The van der Waals surface area contributed by atoms with Gasteiger partial charge in [-0.2, -0.15) is 5.26 Å². The molecule has 0 aromatic heterocycles. The highest BCUT2D eigenvalue weighted by atomic mass is 35.5. The van der Waals surface area contributed by atoms with Crippen LogP contribution in [0.2, 0.25) is 5.02 Å². The molecule has 4 rings (SSSR count). The molecular formula is C24H26ClNO2. The lowest BCUT2D eigenvalue weighted by Gasteiger charge is -2.38. The molecule has 4 heteroatoms. The topological polar surface area (TPSA) is 53.2 Å². The molecule has 0 bridgehead atoms. The Balaban J connectivity index is 1.63. The van der Waals surface area contributed by atoms with Crippen LogP contribution < -0.4 is 4.74 Å². The summed E-state index contributed by atoms with van der Waals surface area (Å²) in [5.74, 6) is 1.29. The molecule has 1 atom stereocenters. The van der Waals surface area contributed by atoms with E-state index in [4.69, 9.17) is 21.6 Å². The molecule has 1 heterocycles. The summed E-state index contributed by atoms with van der Waals surface area (Å²) in [5.41, 5.74) is 2.82. The van der Waals surface area contributed by atoms with Crippen LogP contribution in [0.4, 0.5) is 0 Å². The summed E-state index contributed by atoms with van der Waals surface area (Å²) in [6, 6.07) is 13.8. The van der Waals surface area contributed by atoms with E-state index in [1.807, 2.05) is 6.07 Å². The van der Waals surface area contributed by atoms with Gasteiger partial charge in [-0.25, -0.2) is 0 Å². The first-order chi connectivity index (χ1) is 13.3. The quantitative estimate of drug-likeness (QED) is 0.731. The fraction of sp³-hybridized carbons (Fsp3) is 0.458. The van der Waals surface area contributed by atoms with Gasteiger partial charge in [0.2, 0.25) is 0 Å². The zero-order chi connectivity index (χ0) is 19.9. The highest BCUT2D eigenvalue weighted by Crippen LogP contribution is 2.50. The van der Waals surface area contributed by atoms with Gasteiger partial charge in [-0.1, -0.05) is 49.7 Å². The van der Waals surface area contributed by atoms with Crippen LogP contribution in [-0.2, 0) is 18.3 Å². The van der Waals surface area contributed by atoms with Crippen molar-refractivity contribution < 1.29 is 9.84 Å². The molecule has 28 heavy (non-hydrogen) atoms. The van der Waals surface area contributed by atoms with Gasteiger partial charge in [-0.15, -0.1) is 0 Å². The number of nitrogens with zero attached hydrogens (tertiary/aromatic N) is 1. The normalized spacial score (nSPS) is 18.1. The fourth-order valence-electron chi connectivity index (χ4n) is 4.67. The number of para-hydroxylation sites is 1. The highest BCUT2D eigenvalue weighted by Gasteiger charge is 2.47. The van der Waals surface area contributed by atoms with Gasteiger partial charge in [0.25, 0.3) is 0 Å². The summed E-state index contributed by atoms with van der Waals surface area (Å²) in [4.78, 5) is 0. The van der Waals surface area contributed by atoms with Crippen molar-refractivity contribution in [1.82, 2.24) is 0 Å². The van der Waals surface area contributed by atoms with Gasteiger partial charge in [0.05, 0.1) is 23.8 Å². The van der Waals surface area contributed by atoms with E-state index >= 15 is 0 Å². The molecule has 1 N–H and O–H groups in total. The summed E-state index contributed by atoms with van der Waals surface area (Å²) >= 11 is 6.42. The van der Waals surface area contributed by atoms with E-state index in [0.717, 1.165) is 37.2 Å². The van der Waals surface area contributed by atoms with Crippen LogP contribution in [-0.4, -0.2) is 17.3 Å². The molecule has 3 nitrogen and oxygen atoms in total. The van der Waals surface area contributed by atoms with Crippen molar-refractivity contribution in [2.75, 3.05) is 6.61 Å². The highest BCUT2D eigenvalue weighted by molar-refractivity contribution is 6.31. The minimum absolute atomic E-state index is 0.230. The molecule has 1 saturated carbocycles. The molecule has 1 aliphatic carbocycles. The first-order valence-corrected chi connectivity index (χ1v) is 10.4. The maximum atomic E-state index is 11.7. The Hall–Kier alpha value is -2.02. The van der Waals surface area contributed by atoms with E-state index in [0.29, 0.717) is 23.4 Å². The van der Waals surface area contributed by atoms with E-state index in [9.17, 15) is 5.11 Å². The van der Waals surface area contributed by atoms with Crippen LogP contribution in [0.3, 0.4) is 0 Å². The third kappa shape index (κ3) is 3.64. The lowest BCUT2D eigenvalue weighted by Crippen LogP contribution is -2.41. The first kappa shape index (κ1) is 19.3. The van der Waals surface area contributed by atoms with E-state index in [1.165, 1.54) is 11.1 Å². The number of aliphatic hydroxyl groups is 1. The standard InChI is InChI=1S/C24H26ClNO2/c1-23(2,20-5-3-4-17-10-11-28-22(17)20)15-24(27,19-8-9-19)13-18-7-6-16(14-26)12-21(18)25/h3-7,12,19,27H,8-11,13,15H2,1-2H3. The lowest BCUT2D eigenvalue weighted by molar-refractivity contribution is -0.00823. The second-order valence-corrected chi connectivity index (χ2v) is 9.33. The molecular weight excluding hydrogens is 370 g/mol. The number of fused-ring (bicyclic) bond motifs is 1. The average molecular weight is 396 g/mol. The lowest BCUT2D eigenvalue weighted by atomic mass is 9.71. The number of benzene rings is 2. The van der Waals surface area contributed by atoms with Crippen molar-refractivity contribution in [1.29, 1.82) is 5.26 Å². The second-order valence-electron chi connectivity index (χ2n) is 8.93. The molecule has 1 unspecified atom stereocenters. The van der Waals surface area contributed by atoms with E-state index in [-0.39, 0.29) is 11.3 Å². The third-order valence-electron chi connectivity index (χ3n) is 6.21. The average Bonchev–Trinajstić information content (AvgIpc) is 3.41. The summed E-state index contributed by atoms with van der Waals surface area (Å²) in [6.07, 6.45) is 4.18. The van der Waals surface area contributed by atoms with Gasteiger partial charge in [-0.3, -0.25) is 0 Å². The third-order valence-corrected chi connectivity index (χ3v) is 6.56. The number of ether oxygens (including phenoxy) is 1. The number of rotatable bonds is 6. The van der Waals surface area contributed by atoms with Crippen molar-refractivity contribution in [3.63, 3.8) is 0 Å². The van der Waals surface area contributed by atoms with Crippen molar-refractivity contribution in [2.24, 2.45) is 5.92 Å². The predicted octanol–water partition coefficient (Wildman–Crippen LogP) is 5.20. The van der Waals surface area contributed by atoms with Gasteiger partial charge in [0, 0.05) is 23.4 Å². The summed E-state index contributed by atoms with van der Waals surface area (Å²) < 4.78 is 5.94. The summed E-state index contributed by atoms with van der Waals surface area (Å²) in [5, 5.41) is 21.4. The van der Waals surface area contributed by atoms with E-state index < -0.39 is 5.60 Å². The van der Waals surface area contributed by atoms with Crippen LogP contribution in [0.15, 0.2) is 36.4 Å². The Labute approximate surface area is 171 Å². The Morgan fingerprint density at radius 3 is 2.71 bits per heavy atom. The molecule has 0 radical (unpaired) electrons. The van der Waals surface area contributed by atoms with Crippen LogP contribution in [0.5, 0.6) is 5.75 Å². The van der Waals surface area contributed by atoms with Crippen LogP contribution in [0, 0.1) is 17.2 Å². The molecule has 1 aliphatic heterocycles. The minimum Gasteiger partial charge on any atom is -0.493 e. The maximum absolute atomic E-state index is 11.7. The van der Waals surface area contributed by atoms with Crippen molar-refractivity contribution >= 4 is 11.6 Å². The van der Waals surface area contributed by atoms with Crippen molar-refractivity contribution in [3.05, 3.63) is 63.7 Å². The van der Waals surface area contributed by atoms with Crippen molar-refractivity contribution in [3.8, 4) is 11.8 Å².